The van der Waals surface area contributed by atoms with Gasteiger partial charge in [0.25, 0.3) is 0 Å². The molecule has 0 fully saturated rings. The summed E-state index contributed by atoms with van der Waals surface area (Å²) in [5, 5.41) is 9.19. The van der Waals surface area contributed by atoms with Crippen molar-refractivity contribution in [1.29, 1.82) is 0 Å². The summed E-state index contributed by atoms with van der Waals surface area (Å²) >= 11 is 0. The number of hydrogen-bond acceptors (Lipinski definition) is 3. The highest BCUT2D eigenvalue weighted by Crippen LogP contribution is 2.27. The number of benzene rings is 1. The first-order valence-corrected chi connectivity index (χ1v) is 7.91. The molecule has 0 saturated carbocycles. The van der Waals surface area contributed by atoms with E-state index in [1.807, 2.05) is 25.3 Å². The molecule has 0 radical (unpaired) electrons. The van der Waals surface area contributed by atoms with Gasteiger partial charge in [-0.15, -0.1) is 0 Å². The predicted molar refractivity (Wildman–Crippen MR) is 93.5 cm³/mol. The molecular formula is C19H21N3O2. The molecule has 3 aromatic rings. The Balaban J connectivity index is 2.14. The number of carbonyl (C=O) groups is 1. The summed E-state index contributed by atoms with van der Waals surface area (Å²) in [6, 6.07) is 9.03. The lowest BCUT2D eigenvalue weighted by Crippen LogP contribution is -2.19. The number of aromatic carboxylic acids is 1. The van der Waals surface area contributed by atoms with Gasteiger partial charge in [0.2, 0.25) is 0 Å². The number of imidazole rings is 1. The fourth-order valence-electron chi connectivity index (χ4n) is 2.82. The summed E-state index contributed by atoms with van der Waals surface area (Å²) in [6.45, 7) is 8.89. The molecule has 2 aromatic heterocycles. The van der Waals surface area contributed by atoms with Crippen molar-refractivity contribution in [3.8, 4) is 0 Å². The van der Waals surface area contributed by atoms with Gasteiger partial charge in [-0.25, -0.2) is 14.8 Å². The molecule has 0 aliphatic heterocycles. The molecular weight excluding hydrogens is 302 g/mol. The third kappa shape index (κ3) is 3.02. The number of pyridine rings is 1. The molecule has 0 saturated heterocycles. The van der Waals surface area contributed by atoms with Crippen molar-refractivity contribution in [3.63, 3.8) is 0 Å². The molecule has 5 heteroatoms. The van der Waals surface area contributed by atoms with E-state index in [4.69, 9.17) is 4.98 Å². The van der Waals surface area contributed by atoms with Gasteiger partial charge in [0.1, 0.15) is 11.3 Å². The van der Waals surface area contributed by atoms with E-state index in [0.717, 1.165) is 28.1 Å². The van der Waals surface area contributed by atoms with Crippen molar-refractivity contribution >= 4 is 17.1 Å². The molecule has 2 heterocycles. The average Bonchev–Trinajstić information content (AvgIpc) is 2.85. The second-order valence-corrected chi connectivity index (χ2v) is 7.13. The molecule has 0 aliphatic carbocycles. The first-order chi connectivity index (χ1) is 11.3. The maximum Gasteiger partial charge on any atom is 0.335 e. The fraction of sp³-hybridized carbons (Fsp3) is 0.316. The van der Waals surface area contributed by atoms with Gasteiger partial charge in [0, 0.05) is 11.6 Å². The molecule has 3 rings (SSSR count). The first kappa shape index (κ1) is 16.2. The quantitative estimate of drug-likeness (QED) is 0.796. The van der Waals surface area contributed by atoms with Crippen molar-refractivity contribution in [2.75, 3.05) is 0 Å². The molecule has 0 amide bonds. The van der Waals surface area contributed by atoms with E-state index < -0.39 is 5.97 Å². The van der Waals surface area contributed by atoms with Crippen LogP contribution in [-0.2, 0) is 12.0 Å². The Hall–Kier alpha value is -2.69. The number of fused-ring (bicyclic) bond motifs is 1. The topological polar surface area (TPSA) is 68.0 Å². The van der Waals surface area contributed by atoms with Crippen LogP contribution in [0.4, 0.5) is 0 Å². The minimum Gasteiger partial charge on any atom is -0.478 e. The van der Waals surface area contributed by atoms with Gasteiger partial charge in [-0.2, -0.15) is 0 Å². The number of aromatic nitrogens is 3. The van der Waals surface area contributed by atoms with E-state index in [-0.39, 0.29) is 11.0 Å². The van der Waals surface area contributed by atoms with Crippen molar-refractivity contribution in [3.05, 3.63) is 59.0 Å². The average molecular weight is 323 g/mol. The Morgan fingerprint density at radius 3 is 2.67 bits per heavy atom. The number of carboxylic acid groups (broad SMARTS) is 1. The lowest BCUT2D eigenvalue weighted by atomic mass is 9.95. The second kappa shape index (κ2) is 5.74. The molecule has 0 aliphatic rings. The van der Waals surface area contributed by atoms with Gasteiger partial charge < -0.3 is 9.67 Å². The lowest BCUT2D eigenvalue weighted by Gasteiger charge is -2.20. The molecule has 0 bridgehead atoms. The summed E-state index contributed by atoms with van der Waals surface area (Å²) in [7, 11) is 0. The minimum atomic E-state index is -0.919. The molecule has 24 heavy (non-hydrogen) atoms. The number of carboxylic acids is 1. The van der Waals surface area contributed by atoms with Crippen LogP contribution in [0.2, 0.25) is 0 Å². The second-order valence-electron chi connectivity index (χ2n) is 7.13. The molecule has 1 aromatic carbocycles. The van der Waals surface area contributed by atoms with Crippen molar-refractivity contribution in [1.82, 2.24) is 14.5 Å². The van der Waals surface area contributed by atoms with Crippen LogP contribution in [0.5, 0.6) is 0 Å². The van der Waals surface area contributed by atoms with Gasteiger partial charge in [-0.1, -0.05) is 32.9 Å². The predicted octanol–water partition coefficient (Wildman–Crippen LogP) is 3.78. The maximum absolute atomic E-state index is 11.2. The first-order valence-electron chi connectivity index (χ1n) is 7.91. The zero-order chi connectivity index (χ0) is 17.5. The highest BCUT2D eigenvalue weighted by Gasteiger charge is 2.23. The fourth-order valence-corrected chi connectivity index (χ4v) is 2.82. The lowest BCUT2D eigenvalue weighted by molar-refractivity contribution is 0.0696. The number of nitrogens with zero attached hydrogens (tertiary/aromatic N) is 3. The Morgan fingerprint density at radius 2 is 2.00 bits per heavy atom. The van der Waals surface area contributed by atoms with Gasteiger partial charge in [-0.3, -0.25) is 0 Å². The van der Waals surface area contributed by atoms with Crippen LogP contribution in [-0.4, -0.2) is 25.6 Å². The van der Waals surface area contributed by atoms with Crippen molar-refractivity contribution in [2.24, 2.45) is 0 Å². The molecule has 124 valence electrons. The smallest absolute Gasteiger partial charge is 0.335 e. The highest BCUT2D eigenvalue weighted by atomic mass is 16.4. The van der Waals surface area contributed by atoms with E-state index in [1.165, 1.54) is 0 Å². The van der Waals surface area contributed by atoms with Crippen LogP contribution in [0.1, 0.15) is 48.1 Å². The normalized spacial score (nSPS) is 11.8. The molecule has 5 nitrogen and oxygen atoms in total. The zero-order valence-electron chi connectivity index (χ0n) is 14.4. The summed E-state index contributed by atoms with van der Waals surface area (Å²) in [6.07, 6.45) is 1.83. The largest absolute Gasteiger partial charge is 0.478 e. The third-order valence-corrected chi connectivity index (χ3v) is 3.91. The Kier molecular flexibility index (Phi) is 3.87. The van der Waals surface area contributed by atoms with E-state index in [1.54, 1.807) is 18.2 Å². The van der Waals surface area contributed by atoms with E-state index >= 15 is 0 Å². The number of rotatable bonds is 3. The summed E-state index contributed by atoms with van der Waals surface area (Å²) in [5.41, 5.74) is 3.83. The third-order valence-electron chi connectivity index (χ3n) is 3.91. The van der Waals surface area contributed by atoms with E-state index in [2.05, 4.69) is 30.3 Å². The summed E-state index contributed by atoms with van der Waals surface area (Å²) in [5.74, 6) is 0.0217. The summed E-state index contributed by atoms with van der Waals surface area (Å²) in [4.78, 5) is 20.5. The number of hydrogen-bond donors (Lipinski definition) is 1. The molecule has 0 atom stereocenters. The minimum absolute atomic E-state index is 0.140. The van der Waals surface area contributed by atoms with Crippen LogP contribution in [0.25, 0.3) is 11.2 Å². The Morgan fingerprint density at radius 1 is 1.25 bits per heavy atom. The standard InChI is InChI=1S/C19H21N3O2/c1-12-8-15-16(20-10-12)22(18(21-15)19(2,3)4)11-13-6-5-7-14(9-13)17(23)24/h5-10H,11H2,1-4H3,(H,23,24). The van der Waals surface area contributed by atoms with Gasteiger partial charge in [0.15, 0.2) is 5.65 Å². The highest BCUT2D eigenvalue weighted by molar-refractivity contribution is 5.87. The van der Waals surface area contributed by atoms with E-state index in [9.17, 15) is 9.90 Å². The van der Waals surface area contributed by atoms with Crippen LogP contribution in [0.15, 0.2) is 36.5 Å². The monoisotopic (exact) mass is 323 g/mol. The van der Waals surface area contributed by atoms with Crippen molar-refractivity contribution in [2.45, 2.75) is 39.7 Å². The SMILES string of the molecule is Cc1cnc2c(c1)nc(C(C)(C)C)n2Cc1cccc(C(=O)O)c1. The molecule has 0 spiro atoms. The van der Waals surface area contributed by atoms with Crippen LogP contribution < -0.4 is 0 Å². The van der Waals surface area contributed by atoms with Gasteiger partial charge in [0.05, 0.1) is 12.1 Å². The Labute approximate surface area is 141 Å². The van der Waals surface area contributed by atoms with Crippen LogP contribution >= 0.6 is 0 Å². The van der Waals surface area contributed by atoms with Gasteiger partial charge in [-0.05, 0) is 36.2 Å². The van der Waals surface area contributed by atoms with E-state index in [0.29, 0.717) is 6.54 Å². The number of aryl methyl sites for hydroxylation is 1. The molecule has 1 N–H and O–H groups in total. The summed E-state index contributed by atoms with van der Waals surface area (Å²) < 4.78 is 2.08. The maximum atomic E-state index is 11.2. The van der Waals surface area contributed by atoms with Gasteiger partial charge >= 0.3 is 5.97 Å². The van der Waals surface area contributed by atoms with Crippen LogP contribution in [0, 0.1) is 6.92 Å². The van der Waals surface area contributed by atoms with Crippen LogP contribution in [0.3, 0.4) is 0 Å². The Bertz CT molecular complexity index is 920. The van der Waals surface area contributed by atoms with Crippen molar-refractivity contribution < 1.29 is 9.90 Å². The molecule has 0 unspecified atom stereocenters. The zero-order valence-corrected chi connectivity index (χ0v) is 14.4.